The van der Waals surface area contributed by atoms with Crippen molar-refractivity contribution in [1.29, 1.82) is 0 Å². The van der Waals surface area contributed by atoms with E-state index in [1.165, 1.54) is 19.1 Å². The van der Waals surface area contributed by atoms with Gasteiger partial charge in [-0.1, -0.05) is 0 Å². The molecule has 0 radical (unpaired) electrons. The van der Waals surface area contributed by atoms with Crippen LogP contribution in [-0.4, -0.2) is 32.8 Å². The van der Waals surface area contributed by atoms with E-state index >= 15 is 0 Å². The minimum atomic E-state index is -3.62. The second-order valence-corrected chi connectivity index (χ2v) is 6.35. The van der Waals surface area contributed by atoms with E-state index in [2.05, 4.69) is 20.7 Å². The molecule has 102 valence electrons. The van der Waals surface area contributed by atoms with Crippen molar-refractivity contribution in [2.24, 2.45) is 0 Å². The predicted molar refractivity (Wildman–Crippen MR) is 72.2 cm³/mol. The van der Waals surface area contributed by atoms with Crippen LogP contribution in [0.3, 0.4) is 0 Å². The smallest absolute Gasteiger partial charge is 0.240 e. The van der Waals surface area contributed by atoms with Gasteiger partial charge in [0, 0.05) is 12.6 Å². The monoisotopic (exact) mass is 337 g/mol. The Hall–Kier alpha value is -0.630. The molecule has 0 heterocycles. The van der Waals surface area contributed by atoms with Crippen LogP contribution in [-0.2, 0) is 10.0 Å². The summed E-state index contributed by atoms with van der Waals surface area (Å²) in [6.45, 7) is 3.75. The lowest BCUT2D eigenvalue weighted by Crippen LogP contribution is -2.30. The number of benzene rings is 1. The van der Waals surface area contributed by atoms with Crippen molar-refractivity contribution in [3.63, 3.8) is 0 Å². The summed E-state index contributed by atoms with van der Waals surface area (Å²) in [7, 11) is -3.62. The average Bonchev–Trinajstić information content (AvgIpc) is 2.29. The standard InChI is InChI=1S/C11H16BrNO4S/c1-3-17-11-6-9(4-5-10(11)12)18(15,16)13-7-8(2)14/h4-6,8,13-14H,3,7H2,1-2H3. The van der Waals surface area contributed by atoms with E-state index in [9.17, 15) is 8.42 Å². The number of sulfonamides is 1. The molecule has 1 unspecified atom stereocenters. The van der Waals surface area contributed by atoms with Crippen LogP contribution in [0.25, 0.3) is 0 Å². The van der Waals surface area contributed by atoms with Crippen LogP contribution in [0.15, 0.2) is 27.6 Å². The zero-order valence-electron chi connectivity index (χ0n) is 10.2. The zero-order valence-corrected chi connectivity index (χ0v) is 12.6. The minimum absolute atomic E-state index is 0.0254. The fourth-order valence-electron chi connectivity index (χ4n) is 1.23. The van der Waals surface area contributed by atoms with E-state index in [1.807, 2.05) is 6.92 Å². The van der Waals surface area contributed by atoms with Crippen LogP contribution in [0.5, 0.6) is 5.75 Å². The van der Waals surface area contributed by atoms with E-state index in [-0.39, 0.29) is 11.4 Å². The number of hydrogen-bond donors (Lipinski definition) is 2. The van der Waals surface area contributed by atoms with E-state index in [1.54, 1.807) is 6.07 Å². The van der Waals surface area contributed by atoms with Crippen LogP contribution in [0.4, 0.5) is 0 Å². The van der Waals surface area contributed by atoms with Crippen molar-refractivity contribution in [3.05, 3.63) is 22.7 Å². The van der Waals surface area contributed by atoms with Gasteiger partial charge in [-0.3, -0.25) is 0 Å². The molecular formula is C11H16BrNO4S. The van der Waals surface area contributed by atoms with Gasteiger partial charge in [0.15, 0.2) is 0 Å². The number of hydrogen-bond acceptors (Lipinski definition) is 4. The summed E-state index contributed by atoms with van der Waals surface area (Å²) in [4.78, 5) is 0.106. The Balaban J connectivity index is 2.98. The van der Waals surface area contributed by atoms with Gasteiger partial charge >= 0.3 is 0 Å². The second kappa shape index (κ2) is 6.51. The summed E-state index contributed by atoms with van der Waals surface area (Å²) in [6.07, 6.45) is -0.735. The van der Waals surface area contributed by atoms with Crippen LogP contribution in [0, 0.1) is 0 Å². The van der Waals surface area contributed by atoms with Crippen molar-refractivity contribution in [2.75, 3.05) is 13.2 Å². The Morgan fingerprint density at radius 1 is 1.50 bits per heavy atom. The van der Waals surface area contributed by atoms with E-state index in [4.69, 9.17) is 9.84 Å². The molecule has 0 amide bonds. The maximum atomic E-state index is 11.9. The highest BCUT2D eigenvalue weighted by Crippen LogP contribution is 2.27. The molecule has 0 aliphatic rings. The minimum Gasteiger partial charge on any atom is -0.493 e. The Labute approximate surface area is 115 Å². The fraction of sp³-hybridized carbons (Fsp3) is 0.455. The highest BCUT2D eigenvalue weighted by molar-refractivity contribution is 9.10. The molecular weight excluding hydrogens is 322 g/mol. The first kappa shape index (κ1) is 15.4. The molecule has 1 rings (SSSR count). The molecule has 1 atom stereocenters. The number of aliphatic hydroxyl groups excluding tert-OH is 1. The SMILES string of the molecule is CCOc1cc(S(=O)(=O)NCC(C)O)ccc1Br. The van der Waals surface area contributed by atoms with Crippen molar-refractivity contribution in [1.82, 2.24) is 4.72 Å². The molecule has 5 nitrogen and oxygen atoms in total. The predicted octanol–water partition coefficient (Wildman–Crippen LogP) is 1.51. The Kier molecular flexibility index (Phi) is 5.58. The molecule has 18 heavy (non-hydrogen) atoms. The van der Waals surface area contributed by atoms with Gasteiger partial charge in [-0.05, 0) is 41.9 Å². The molecule has 0 aliphatic heterocycles. The number of ether oxygens (including phenoxy) is 1. The first-order chi connectivity index (χ1) is 8.36. The quantitative estimate of drug-likeness (QED) is 0.824. The molecule has 7 heteroatoms. The highest BCUT2D eigenvalue weighted by atomic mass is 79.9. The molecule has 0 aromatic heterocycles. The second-order valence-electron chi connectivity index (χ2n) is 3.73. The fourth-order valence-corrected chi connectivity index (χ4v) is 2.73. The number of halogens is 1. The molecule has 1 aromatic carbocycles. The number of nitrogens with one attached hydrogen (secondary N) is 1. The third-order valence-corrected chi connectivity index (χ3v) is 4.16. The summed E-state index contributed by atoms with van der Waals surface area (Å²) < 4.78 is 32.1. The third kappa shape index (κ3) is 4.24. The van der Waals surface area contributed by atoms with Crippen LogP contribution >= 0.6 is 15.9 Å². The van der Waals surface area contributed by atoms with Crippen molar-refractivity contribution in [2.45, 2.75) is 24.8 Å². The molecule has 0 spiro atoms. The molecule has 0 fully saturated rings. The summed E-state index contributed by atoms with van der Waals surface area (Å²) in [5.41, 5.74) is 0. The topological polar surface area (TPSA) is 75.6 Å². The van der Waals surface area contributed by atoms with E-state index in [0.717, 1.165) is 0 Å². The number of rotatable bonds is 6. The molecule has 0 aliphatic carbocycles. The van der Waals surface area contributed by atoms with Gasteiger partial charge in [-0.2, -0.15) is 0 Å². The van der Waals surface area contributed by atoms with Gasteiger partial charge in [0.25, 0.3) is 0 Å². The number of aliphatic hydroxyl groups is 1. The van der Waals surface area contributed by atoms with Gasteiger partial charge in [-0.15, -0.1) is 0 Å². The Bertz CT molecular complexity index is 502. The lowest BCUT2D eigenvalue weighted by Gasteiger charge is -2.11. The highest BCUT2D eigenvalue weighted by Gasteiger charge is 2.16. The lowest BCUT2D eigenvalue weighted by molar-refractivity contribution is 0.198. The maximum Gasteiger partial charge on any atom is 0.240 e. The molecule has 0 saturated heterocycles. The van der Waals surface area contributed by atoms with Gasteiger partial charge in [-0.25, -0.2) is 13.1 Å². The average molecular weight is 338 g/mol. The molecule has 0 bridgehead atoms. The lowest BCUT2D eigenvalue weighted by atomic mass is 10.3. The largest absolute Gasteiger partial charge is 0.493 e. The summed E-state index contributed by atoms with van der Waals surface area (Å²) in [5, 5.41) is 9.09. The first-order valence-electron chi connectivity index (χ1n) is 5.47. The van der Waals surface area contributed by atoms with Crippen LogP contribution in [0.2, 0.25) is 0 Å². The van der Waals surface area contributed by atoms with Crippen molar-refractivity contribution in [3.8, 4) is 5.75 Å². The van der Waals surface area contributed by atoms with Gasteiger partial charge in [0.05, 0.1) is 22.1 Å². The zero-order chi connectivity index (χ0) is 13.8. The molecule has 2 N–H and O–H groups in total. The summed E-state index contributed by atoms with van der Waals surface area (Å²) >= 11 is 3.28. The van der Waals surface area contributed by atoms with E-state index in [0.29, 0.717) is 16.8 Å². The van der Waals surface area contributed by atoms with Gasteiger partial charge in [0.2, 0.25) is 10.0 Å². The normalized spacial score (nSPS) is 13.3. The van der Waals surface area contributed by atoms with Crippen LogP contribution in [0.1, 0.15) is 13.8 Å². The maximum absolute atomic E-state index is 11.9. The molecule has 1 aromatic rings. The summed E-state index contributed by atoms with van der Waals surface area (Å²) in [6, 6.07) is 4.52. The Morgan fingerprint density at radius 2 is 2.17 bits per heavy atom. The van der Waals surface area contributed by atoms with Crippen molar-refractivity contribution < 1.29 is 18.3 Å². The first-order valence-corrected chi connectivity index (χ1v) is 7.74. The van der Waals surface area contributed by atoms with Crippen molar-refractivity contribution >= 4 is 26.0 Å². The Morgan fingerprint density at radius 3 is 2.72 bits per heavy atom. The van der Waals surface area contributed by atoms with Crippen LogP contribution < -0.4 is 9.46 Å². The summed E-state index contributed by atoms with van der Waals surface area (Å²) in [5.74, 6) is 0.470. The molecule has 0 saturated carbocycles. The van der Waals surface area contributed by atoms with E-state index < -0.39 is 16.1 Å². The van der Waals surface area contributed by atoms with Gasteiger partial charge in [0.1, 0.15) is 5.75 Å². The van der Waals surface area contributed by atoms with Gasteiger partial charge < -0.3 is 9.84 Å². The third-order valence-electron chi connectivity index (χ3n) is 2.08.